The molecule has 1 aromatic carbocycles. The van der Waals surface area contributed by atoms with E-state index in [1.54, 1.807) is 18.2 Å². The van der Waals surface area contributed by atoms with Gasteiger partial charge in [-0.05, 0) is 12.1 Å². The molecular weight excluding hydrogens is 278 g/mol. The Morgan fingerprint density at radius 3 is 2.60 bits per heavy atom. The van der Waals surface area contributed by atoms with Gasteiger partial charge < -0.3 is 10.6 Å². The Balaban J connectivity index is 2.04. The highest BCUT2D eigenvalue weighted by molar-refractivity contribution is 7.90. The maximum Gasteiger partial charge on any atom is 0.238 e. The highest BCUT2D eigenvalue weighted by Crippen LogP contribution is 2.20. The highest BCUT2D eigenvalue weighted by atomic mass is 32.2. The zero-order valence-corrected chi connectivity index (χ0v) is 12.2. The SMILES string of the molecule is CS(=O)(=O)c1ccccc1NC(=O)CN1CCNCC1. The molecule has 0 saturated carbocycles. The first-order valence-electron chi connectivity index (χ1n) is 6.49. The van der Waals surface area contributed by atoms with Gasteiger partial charge in [0.1, 0.15) is 0 Å². The Hall–Kier alpha value is -1.44. The Bertz CT molecular complexity index is 580. The molecule has 110 valence electrons. The summed E-state index contributed by atoms with van der Waals surface area (Å²) in [6.45, 7) is 3.66. The zero-order chi connectivity index (χ0) is 14.6. The van der Waals surface area contributed by atoms with Gasteiger partial charge in [0.2, 0.25) is 5.91 Å². The maximum atomic E-state index is 12.0. The van der Waals surface area contributed by atoms with Gasteiger partial charge in [-0.3, -0.25) is 9.69 Å². The van der Waals surface area contributed by atoms with Crippen LogP contribution in [0.15, 0.2) is 29.2 Å². The molecule has 1 aromatic rings. The molecule has 2 N–H and O–H groups in total. The number of benzene rings is 1. The van der Waals surface area contributed by atoms with Gasteiger partial charge in [0.25, 0.3) is 0 Å². The average molecular weight is 297 g/mol. The number of rotatable bonds is 4. The van der Waals surface area contributed by atoms with Gasteiger partial charge in [-0.25, -0.2) is 8.42 Å². The van der Waals surface area contributed by atoms with Crippen molar-refractivity contribution in [3.05, 3.63) is 24.3 Å². The minimum atomic E-state index is -3.35. The van der Waals surface area contributed by atoms with E-state index < -0.39 is 9.84 Å². The lowest BCUT2D eigenvalue weighted by Crippen LogP contribution is -2.46. The van der Waals surface area contributed by atoms with Crippen molar-refractivity contribution in [3.8, 4) is 0 Å². The van der Waals surface area contributed by atoms with Crippen molar-refractivity contribution >= 4 is 21.4 Å². The predicted molar refractivity (Wildman–Crippen MR) is 77.5 cm³/mol. The number of nitrogens with zero attached hydrogens (tertiary/aromatic N) is 1. The fourth-order valence-corrected chi connectivity index (χ4v) is 3.00. The summed E-state index contributed by atoms with van der Waals surface area (Å²) in [5.41, 5.74) is 0.343. The zero-order valence-electron chi connectivity index (χ0n) is 11.4. The Kier molecular flexibility index (Phi) is 4.74. The third-order valence-corrected chi connectivity index (χ3v) is 4.29. The number of para-hydroxylation sites is 1. The van der Waals surface area contributed by atoms with Crippen molar-refractivity contribution in [1.29, 1.82) is 0 Å². The van der Waals surface area contributed by atoms with Gasteiger partial charge in [0.15, 0.2) is 9.84 Å². The van der Waals surface area contributed by atoms with E-state index in [0.29, 0.717) is 5.69 Å². The number of anilines is 1. The van der Waals surface area contributed by atoms with Gasteiger partial charge >= 0.3 is 0 Å². The summed E-state index contributed by atoms with van der Waals surface area (Å²) in [7, 11) is -3.35. The molecule has 1 heterocycles. The quantitative estimate of drug-likeness (QED) is 0.813. The molecule has 6 nitrogen and oxygen atoms in total. The summed E-state index contributed by atoms with van der Waals surface area (Å²) >= 11 is 0. The molecule has 1 amide bonds. The molecule has 1 aliphatic rings. The van der Waals surface area contributed by atoms with Crippen LogP contribution in [0.1, 0.15) is 0 Å². The van der Waals surface area contributed by atoms with E-state index in [1.165, 1.54) is 6.07 Å². The number of carbonyl (C=O) groups excluding carboxylic acids is 1. The molecule has 0 aromatic heterocycles. The second-order valence-corrected chi connectivity index (χ2v) is 6.83. The first kappa shape index (κ1) is 15.0. The number of carbonyl (C=O) groups is 1. The molecular formula is C13H19N3O3S. The Morgan fingerprint density at radius 2 is 1.95 bits per heavy atom. The number of hydrogen-bond acceptors (Lipinski definition) is 5. The van der Waals surface area contributed by atoms with Crippen LogP contribution >= 0.6 is 0 Å². The molecule has 0 unspecified atom stereocenters. The van der Waals surface area contributed by atoms with E-state index in [4.69, 9.17) is 0 Å². The highest BCUT2D eigenvalue weighted by Gasteiger charge is 2.17. The van der Waals surface area contributed by atoms with Gasteiger partial charge in [0, 0.05) is 32.4 Å². The Labute approximate surface area is 119 Å². The Morgan fingerprint density at radius 1 is 1.30 bits per heavy atom. The summed E-state index contributed by atoms with van der Waals surface area (Å²) in [6, 6.07) is 6.44. The van der Waals surface area contributed by atoms with Crippen molar-refractivity contribution in [1.82, 2.24) is 10.2 Å². The molecule has 1 aliphatic heterocycles. The van der Waals surface area contributed by atoms with Gasteiger partial charge in [-0.1, -0.05) is 12.1 Å². The van der Waals surface area contributed by atoms with Gasteiger partial charge in [0.05, 0.1) is 17.1 Å². The molecule has 2 rings (SSSR count). The van der Waals surface area contributed by atoms with Crippen LogP contribution in [0, 0.1) is 0 Å². The number of piperazine rings is 1. The van der Waals surface area contributed by atoms with Crippen LogP contribution in [0.5, 0.6) is 0 Å². The lowest BCUT2D eigenvalue weighted by molar-refractivity contribution is -0.117. The van der Waals surface area contributed by atoms with Crippen LogP contribution in [0.2, 0.25) is 0 Å². The van der Waals surface area contributed by atoms with Crippen molar-refractivity contribution in [2.45, 2.75) is 4.90 Å². The normalized spacial score (nSPS) is 16.9. The van der Waals surface area contributed by atoms with Crippen LogP contribution < -0.4 is 10.6 Å². The van der Waals surface area contributed by atoms with Gasteiger partial charge in [-0.2, -0.15) is 0 Å². The third kappa shape index (κ3) is 4.03. The van der Waals surface area contributed by atoms with Crippen molar-refractivity contribution in [2.24, 2.45) is 0 Å². The summed E-state index contributed by atoms with van der Waals surface area (Å²) < 4.78 is 23.3. The second kappa shape index (κ2) is 6.34. The van der Waals surface area contributed by atoms with Gasteiger partial charge in [-0.15, -0.1) is 0 Å². The topological polar surface area (TPSA) is 78.5 Å². The van der Waals surface area contributed by atoms with E-state index in [-0.39, 0.29) is 17.3 Å². The smallest absolute Gasteiger partial charge is 0.238 e. The largest absolute Gasteiger partial charge is 0.324 e. The average Bonchev–Trinajstić information content (AvgIpc) is 2.39. The number of nitrogens with one attached hydrogen (secondary N) is 2. The van der Waals surface area contributed by atoms with Crippen molar-refractivity contribution in [2.75, 3.05) is 44.3 Å². The molecule has 7 heteroatoms. The summed E-state index contributed by atoms with van der Waals surface area (Å²) in [6.07, 6.45) is 1.13. The van der Waals surface area contributed by atoms with E-state index >= 15 is 0 Å². The van der Waals surface area contributed by atoms with Crippen LogP contribution in [0.3, 0.4) is 0 Å². The fourth-order valence-electron chi connectivity index (χ4n) is 2.16. The number of hydrogen-bond donors (Lipinski definition) is 2. The molecule has 20 heavy (non-hydrogen) atoms. The van der Waals surface area contributed by atoms with Crippen molar-refractivity contribution < 1.29 is 13.2 Å². The second-order valence-electron chi connectivity index (χ2n) is 4.84. The first-order chi connectivity index (χ1) is 9.47. The number of sulfone groups is 1. The molecule has 1 saturated heterocycles. The minimum Gasteiger partial charge on any atom is -0.324 e. The minimum absolute atomic E-state index is 0.147. The summed E-state index contributed by atoms with van der Waals surface area (Å²) in [5, 5.41) is 5.90. The monoisotopic (exact) mass is 297 g/mol. The molecule has 0 spiro atoms. The third-order valence-electron chi connectivity index (χ3n) is 3.14. The summed E-state index contributed by atoms with van der Waals surface area (Å²) in [4.78, 5) is 14.2. The lowest BCUT2D eigenvalue weighted by Gasteiger charge is -2.26. The van der Waals surface area contributed by atoms with Crippen molar-refractivity contribution in [3.63, 3.8) is 0 Å². The van der Waals surface area contributed by atoms with E-state index in [9.17, 15) is 13.2 Å². The molecule has 0 bridgehead atoms. The first-order valence-corrected chi connectivity index (χ1v) is 8.38. The molecule has 0 aliphatic carbocycles. The standard InChI is InChI=1S/C13H19N3O3S/c1-20(18,19)12-5-3-2-4-11(12)15-13(17)10-16-8-6-14-7-9-16/h2-5,14H,6-10H2,1H3,(H,15,17). The predicted octanol–water partition coefficient (Wildman–Crippen LogP) is -0.0662. The van der Waals surface area contributed by atoms with Crippen LogP contribution in [-0.4, -0.2) is 58.2 Å². The molecule has 1 fully saturated rings. The van der Waals surface area contributed by atoms with E-state index in [1.807, 2.05) is 4.90 Å². The summed E-state index contributed by atoms with van der Waals surface area (Å²) in [5.74, 6) is -0.192. The van der Waals surface area contributed by atoms with Crippen LogP contribution in [0.25, 0.3) is 0 Å². The molecule has 0 radical (unpaired) electrons. The maximum absolute atomic E-state index is 12.0. The van der Waals surface area contributed by atoms with Crippen LogP contribution in [0.4, 0.5) is 5.69 Å². The van der Waals surface area contributed by atoms with E-state index in [2.05, 4.69) is 10.6 Å². The van der Waals surface area contributed by atoms with E-state index in [0.717, 1.165) is 32.4 Å². The lowest BCUT2D eigenvalue weighted by atomic mass is 10.3. The fraction of sp³-hybridized carbons (Fsp3) is 0.462. The molecule has 0 atom stereocenters. The number of amides is 1. The van der Waals surface area contributed by atoms with Crippen LogP contribution in [-0.2, 0) is 14.6 Å².